The van der Waals surface area contributed by atoms with Crippen molar-refractivity contribution in [1.29, 1.82) is 0 Å². The summed E-state index contributed by atoms with van der Waals surface area (Å²) in [6.45, 7) is 0. The van der Waals surface area contributed by atoms with Crippen LogP contribution >= 0.6 is 0 Å². The van der Waals surface area contributed by atoms with Gasteiger partial charge in [-0.15, -0.1) is 5.10 Å². The summed E-state index contributed by atoms with van der Waals surface area (Å²) in [6, 6.07) is 8.82. The fourth-order valence-corrected chi connectivity index (χ4v) is 1.88. The van der Waals surface area contributed by atoms with Crippen LogP contribution in [0.5, 0.6) is 0 Å². The zero-order valence-corrected chi connectivity index (χ0v) is 8.48. The van der Waals surface area contributed by atoms with E-state index in [9.17, 15) is 0 Å². The van der Waals surface area contributed by atoms with Crippen LogP contribution in [0.3, 0.4) is 0 Å². The number of hydrogen-bond donors (Lipinski definition) is 1. The monoisotopic (exact) mass is 199 g/mol. The minimum Gasteiger partial charge on any atom is -0.365 e. The zero-order valence-electron chi connectivity index (χ0n) is 8.48. The van der Waals surface area contributed by atoms with E-state index in [1.165, 1.54) is 24.6 Å². The highest BCUT2D eigenvalue weighted by Crippen LogP contribution is 2.26. The number of hydrogen-bond acceptors (Lipinski definition) is 3. The topological polar surface area (TPSA) is 37.8 Å². The highest BCUT2D eigenvalue weighted by atomic mass is 15.2. The standard InChI is InChI=1S/C12H13N3/c1-2-7-11-9(4-1)8-13-15-12(11)14-10-5-3-6-10/h1-2,4,7-8,10H,3,5-6H2,(H,14,15). The van der Waals surface area contributed by atoms with E-state index in [4.69, 9.17) is 0 Å². The molecule has 3 nitrogen and oxygen atoms in total. The average molecular weight is 199 g/mol. The van der Waals surface area contributed by atoms with Gasteiger partial charge in [0, 0.05) is 16.8 Å². The molecule has 0 amide bonds. The molecule has 1 heterocycles. The Balaban J connectivity index is 2.01. The summed E-state index contributed by atoms with van der Waals surface area (Å²) >= 11 is 0. The maximum atomic E-state index is 4.17. The van der Waals surface area contributed by atoms with E-state index in [0.29, 0.717) is 6.04 Å². The molecule has 3 heteroatoms. The van der Waals surface area contributed by atoms with Gasteiger partial charge in [0.1, 0.15) is 0 Å². The maximum Gasteiger partial charge on any atom is 0.156 e. The number of nitrogens with zero attached hydrogens (tertiary/aromatic N) is 2. The second-order valence-corrected chi connectivity index (χ2v) is 4.05. The second-order valence-electron chi connectivity index (χ2n) is 4.05. The molecule has 1 fully saturated rings. The van der Waals surface area contributed by atoms with Crippen molar-refractivity contribution in [3.63, 3.8) is 0 Å². The first-order chi connectivity index (χ1) is 7.43. The number of rotatable bonds is 2. The fourth-order valence-electron chi connectivity index (χ4n) is 1.88. The molecule has 1 saturated carbocycles. The van der Waals surface area contributed by atoms with Gasteiger partial charge in [-0.05, 0) is 19.3 Å². The van der Waals surface area contributed by atoms with Crippen molar-refractivity contribution in [3.8, 4) is 0 Å². The first kappa shape index (κ1) is 8.65. The van der Waals surface area contributed by atoms with Gasteiger partial charge in [-0.1, -0.05) is 24.3 Å². The van der Waals surface area contributed by atoms with Gasteiger partial charge in [-0.25, -0.2) is 0 Å². The van der Waals surface area contributed by atoms with E-state index in [2.05, 4.69) is 27.6 Å². The SMILES string of the molecule is c1ccc2c(NC3CCC3)nncc2c1. The largest absolute Gasteiger partial charge is 0.365 e. The smallest absolute Gasteiger partial charge is 0.156 e. The molecule has 1 N–H and O–H groups in total. The van der Waals surface area contributed by atoms with Crippen LogP contribution in [0.1, 0.15) is 19.3 Å². The molecule has 0 radical (unpaired) electrons. The van der Waals surface area contributed by atoms with Crippen LogP contribution in [0.2, 0.25) is 0 Å². The quantitative estimate of drug-likeness (QED) is 0.807. The average Bonchev–Trinajstić information content (AvgIpc) is 2.23. The Labute approximate surface area is 88.5 Å². The van der Waals surface area contributed by atoms with Gasteiger partial charge in [-0.2, -0.15) is 5.10 Å². The molecule has 0 saturated heterocycles. The van der Waals surface area contributed by atoms with E-state index in [-0.39, 0.29) is 0 Å². The third-order valence-corrected chi connectivity index (χ3v) is 3.02. The summed E-state index contributed by atoms with van der Waals surface area (Å²) < 4.78 is 0. The molecule has 2 aromatic rings. The highest BCUT2D eigenvalue weighted by Gasteiger charge is 2.18. The highest BCUT2D eigenvalue weighted by molar-refractivity contribution is 5.90. The Bertz CT molecular complexity index is 472. The summed E-state index contributed by atoms with van der Waals surface area (Å²) in [5, 5.41) is 13.9. The lowest BCUT2D eigenvalue weighted by molar-refractivity contribution is 0.444. The Morgan fingerprint density at radius 1 is 1.20 bits per heavy atom. The van der Waals surface area contributed by atoms with Crippen LogP contribution in [0, 0.1) is 0 Å². The van der Waals surface area contributed by atoms with Crippen LogP contribution < -0.4 is 5.32 Å². The molecule has 76 valence electrons. The van der Waals surface area contributed by atoms with E-state index in [1.54, 1.807) is 6.20 Å². The maximum absolute atomic E-state index is 4.17. The lowest BCUT2D eigenvalue weighted by atomic mass is 9.93. The molecule has 15 heavy (non-hydrogen) atoms. The number of aromatic nitrogens is 2. The van der Waals surface area contributed by atoms with Crippen LogP contribution in [0.15, 0.2) is 30.5 Å². The molecular weight excluding hydrogens is 186 g/mol. The minimum atomic E-state index is 0.602. The van der Waals surface area contributed by atoms with Gasteiger partial charge in [0.05, 0.1) is 6.20 Å². The molecular formula is C12H13N3. The number of benzene rings is 1. The van der Waals surface area contributed by atoms with E-state index < -0.39 is 0 Å². The molecule has 1 aromatic heterocycles. The number of fused-ring (bicyclic) bond motifs is 1. The Morgan fingerprint density at radius 3 is 2.87 bits per heavy atom. The lowest BCUT2D eigenvalue weighted by Gasteiger charge is -2.27. The molecule has 0 atom stereocenters. The van der Waals surface area contributed by atoms with Gasteiger partial charge in [-0.3, -0.25) is 0 Å². The number of nitrogens with one attached hydrogen (secondary N) is 1. The summed E-state index contributed by atoms with van der Waals surface area (Å²) in [5.41, 5.74) is 0. The predicted molar refractivity (Wildman–Crippen MR) is 60.8 cm³/mol. The van der Waals surface area contributed by atoms with Crippen LogP contribution in [-0.2, 0) is 0 Å². The van der Waals surface area contributed by atoms with E-state index >= 15 is 0 Å². The Morgan fingerprint density at radius 2 is 2.07 bits per heavy atom. The van der Waals surface area contributed by atoms with Crippen molar-refractivity contribution in [1.82, 2.24) is 10.2 Å². The molecule has 0 unspecified atom stereocenters. The van der Waals surface area contributed by atoms with Gasteiger partial charge < -0.3 is 5.32 Å². The molecule has 0 bridgehead atoms. The minimum absolute atomic E-state index is 0.602. The van der Waals surface area contributed by atoms with Gasteiger partial charge >= 0.3 is 0 Å². The van der Waals surface area contributed by atoms with E-state index in [0.717, 1.165) is 11.2 Å². The molecule has 0 spiro atoms. The van der Waals surface area contributed by atoms with Crippen LogP contribution in [0.4, 0.5) is 5.82 Å². The van der Waals surface area contributed by atoms with Gasteiger partial charge in [0.15, 0.2) is 5.82 Å². The van der Waals surface area contributed by atoms with Crippen molar-refractivity contribution < 1.29 is 0 Å². The number of anilines is 1. The van der Waals surface area contributed by atoms with Crippen molar-refractivity contribution in [2.75, 3.05) is 5.32 Å². The van der Waals surface area contributed by atoms with Crippen molar-refractivity contribution in [2.45, 2.75) is 25.3 Å². The van der Waals surface area contributed by atoms with E-state index in [1.807, 2.05) is 12.1 Å². The fraction of sp³-hybridized carbons (Fsp3) is 0.333. The molecule has 1 aliphatic carbocycles. The Hall–Kier alpha value is -1.64. The molecule has 1 aliphatic rings. The third-order valence-electron chi connectivity index (χ3n) is 3.02. The zero-order chi connectivity index (χ0) is 10.1. The van der Waals surface area contributed by atoms with Gasteiger partial charge in [0.25, 0.3) is 0 Å². The second kappa shape index (κ2) is 3.50. The first-order valence-electron chi connectivity index (χ1n) is 5.40. The van der Waals surface area contributed by atoms with Crippen LogP contribution in [0.25, 0.3) is 10.8 Å². The molecule has 1 aromatic carbocycles. The third kappa shape index (κ3) is 1.54. The van der Waals surface area contributed by atoms with Gasteiger partial charge in [0.2, 0.25) is 0 Å². The summed E-state index contributed by atoms with van der Waals surface area (Å²) in [6.07, 6.45) is 5.65. The Kier molecular flexibility index (Phi) is 2.02. The van der Waals surface area contributed by atoms with Crippen molar-refractivity contribution >= 4 is 16.6 Å². The predicted octanol–water partition coefficient (Wildman–Crippen LogP) is 2.59. The summed E-state index contributed by atoms with van der Waals surface area (Å²) in [5.74, 6) is 0.929. The van der Waals surface area contributed by atoms with Crippen LogP contribution in [-0.4, -0.2) is 16.2 Å². The van der Waals surface area contributed by atoms with Crippen molar-refractivity contribution in [2.24, 2.45) is 0 Å². The normalized spacial score (nSPS) is 16.3. The molecule has 3 rings (SSSR count). The summed E-state index contributed by atoms with van der Waals surface area (Å²) in [7, 11) is 0. The lowest BCUT2D eigenvalue weighted by Crippen LogP contribution is -2.27. The molecule has 0 aliphatic heterocycles. The van der Waals surface area contributed by atoms with Crippen molar-refractivity contribution in [3.05, 3.63) is 30.5 Å². The summed E-state index contributed by atoms with van der Waals surface area (Å²) in [4.78, 5) is 0. The first-order valence-corrected chi connectivity index (χ1v) is 5.40.